The van der Waals surface area contributed by atoms with E-state index < -0.39 is 0 Å². The maximum atomic E-state index is 12.9. The van der Waals surface area contributed by atoms with Crippen LogP contribution in [0, 0.1) is 0 Å². The second-order valence-corrected chi connectivity index (χ2v) is 6.36. The van der Waals surface area contributed by atoms with E-state index in [4.69, 9.17) is 4.74 Å². The van der Waals surface area contributed by atoms with Gasteiger partial charge >= 0.3 is 0 Å². The molecule has 5 nitrogen and oxygen atoms in total. The summed E-state index contributed by atoms with van der Waals surface area (Å²) in [5.41, 5.74) is 2.24. The average Bonchev–Trinajstić information content (AvgIpc) is 2.99. The minimum atomic E-state index is -0.173. The molecule has 0 spiro atoms. The summed E-state index contributed by atoms with van der Waals surface area (Å²) in [6, 6.07) is 23.3. The Morgan fingerprint density at radius 1 is 0.929 bits per heavy atom. The minimum absolute atomic E-state index is 0.0712. The maximum absolute atomic E-state index is 12.9. The van der Waals surface area contributed by atoms with Crippen LogP contribution >= 0.6 is 0 Å². The van der Waals surface area contributed by atoms with Gasteiger partial charge in [-0.3, -0.25) is 9.59 Å². The lowest BCUT2D eigenvalue weighted by molar-refractivity contribution is 0.0974. The summed E-state index contributed by atoms with van der Waals surface area (Å²) in [4.78, 5) is 29.9. The van der Waals surface area contributed by atoms with Gasteiger partial charge in [0.25, 0.3) is 0 Å². The summed E-state index contributed by atoms with van der Waals surface area (Å²) < 4.78 is 6.96. The first-order valence-corrected chi connectivity index (χ1v) is 8.89. The zero-order valence-electron chi connectivity index (χ0n) is 15.3. The predicted octanol–water partition coefficient (Wildman–Crippen LogP) is 3.96. The van der Waals surface area contributed by atoms with Gasteiger partial charge in [0.2, 0.25) is 5.43 Å². The lowest BCUT2D eigenvalue weighted by Gasteiger charge is -2.09. The van der Waals surface area contributed by atoms with Crippen molar-refractivity contribution in [3.8, 4) is 17.1 Å². The molecule has 28 heavy (non-hydrogen) atoms. The fourth-order valence-electron chi connectivity index (χ4n) is 3.16. The van der Waals surface area contributed by atoms with Crippen molar-refractivity contribution in [3.05, 3.63) is 94.6 Å². The summed E-state index contributed by atoms with van der Waals surface area (Å²) in [7, 11) is 1.58. The van der Waals surface area contributed by atoms with Crippen LogP contribution in [0.4, 0.5) is 0 Å². The van der Waals surface area contributed by atoms with Crippen LogP contribution in [-0.4, -0.2) is 22.4 Å². The van der Waals surface area contributed by atoms with Crippen LogP contribution in [0.25, 0.3) is 22.4 Å². The first-order chi connectivity index (χ1) is 13.7. The van der Waals surface area contributed by atoms with Gasteiger partial charge in [0, 0.05) is 11.1 Å². The fourth-order valence-corrected chi connectivity index (χ4v) is 3.16. The number of ketones is 1. The van der Waals surface area contributed by atoms with Gasteiger partial charge < -0.3 is 9.30 Å². The van der Waals surface area contributed by atoms with Crippen LogP contribution in [0.1, 0.15) is 10.4 Å². The van der Waals surface area contributed by atoms with Crippen LogP contribution in [0.2, 0.25) is 0 Å². The normalized spacial score (nSPS) is 10.8. The van der Waals surface area contributed by atoms with Crippen molar-refractivity contribution in [2.24, 2.45) is 0 Å². The number of rotatable bonds is 5. The summed E-state index contributed by atoms with van der Waals surface area (Å²) in [6.07, 6.45) is 0. The second-order valence-electron chi connectivity index (χ2n) is 6.36. The minimum Gasteiger partial charge on any atom is -0.497 e. The van der Waals surface area contributed by atoms with E-state index in [1.807, 2.05) is 36.4 Å². The number of carbonyl (C=O) groups is 1. The summed E-state index contributed by atoms with van der Waals surface area (Å²) in [6.45, 7) is 0.0799. The van der Waals surface area contributed by atoms with E-state index in [0.29, 0.717) is 28.2 Å². The van der Waals surface area contributed by atoms with Gasteiger partial charge in [-0.05, 0) is 36.4 Å². The number of hydrogen-bond acceptors (Lipinski definition) is 4. The predicted molar refractivity (Wildman–Crippen MR) is 109 cm³/mol. The Kier molecular flexibility index (Phi) is 4.72. The Morgan fingerprint density at radius 3 is 2.32 bits per heavy atom. The molecule has 0 atom stereocenters. The highest BCUT2D eigenvalue weighted by molar-refractivity contribution is 5.97. The van der Waals surface area contributed by atoms with Crippen molar-refractivity contribution in [2.45, 2.75) is 6.54 Å². The van der Waals surface area contributed by atoms with Gasteiger partial charge in [-0.15, -0.1) is 0 Å². The highest BCUT2D eigenvalue weighted by atomic mass is 16.5. The van der Waals surface area contributed by atoms with Crippen molar-refractivity contribution in [2.75, 3.05) is 7.11 Å². The Labute approximate surface area is 161 Å². The molecule has 0 aliphatic carbocycles. The molecule has 0 bridgehead atoms. The third-order valence-electron chi connectivity index (χ3n) is 4.60. The van der Waals surface area contributed by atoms with Crippen LogP contribution in [0.5, 0.6) is 5.75 Å². The van der Waals surface area contributed by atoms with E-state index in [1.54, 1.807) is 48.1 Å². The number of fused-ring (bicyclic) bond motifs is 1. The lowest BCUT2D eigenvalue weighted by atomic mass is 10.1. The topological polar surface area (TPSA) is 61.2 Å². The Balaban J connectivity index is 1.84. The number of imidazole rings is 1. The molecule has 0 radical (unpaired) electrons. The smallest absolute Gasteiger partial charge is 0.206 e. The van der Waals surface area contributed by atoms with Gasteiger partial charge in [-0.25, -0.2) is 4.98 Å². The Bertz CT molecular complexity index is 1200. The molecule has 0 saturated carbocycles. The number of benzene rings is 2. The number of Topliss-reactive ketones (excluding diaryl/α,β-unsaturated/α-hetero) is 1. The summed E-state index contributed by atoms with van der Waals surface area (Å²) in [5, 5.41) is 0. The van der Waals surface area contributed by atoms with E-state index >= 15 is 0 Å². The Morgan fingerprint density at radius 2 is 1.61 bits per heavy atom. The third kappa shape index (κ3) is 3.30. The molecule has 0 amide bonds. The molecule has 4 aromatic rings. The van der Waals surface area contributed by atoms with Crippen LogP contribution in [-0.2, 0) is 6.54 Å². The SMILES string of the molecule is COc1ccc(C(=O)Cn2c(-c3ccccc3)nc3c(=O)ccccc32)cc1. The number of ether oxygens (including phenoxy) is 1. The van der Waals surface area contributed by atoms with Crippen molar-refractivity contribution in [1.29, 1.82) is 0 Å². The molecule has 138 valence electrons. The van der Waals surface area contributed by atoms with E-state index in [-0.39, 0.29) is 17.8 Å². The number of aromatic nitrogens is 2. The lowest BCUT2D eigenvalue weighted by Crippen LogP contribution is -2.11. The molecule has 0 aliphatic heterocycles. The number of nitrogens with zero attached hydrogens (tertiary/aromatic N) is 2. The zero-order chi connectivity index (χ0) is 19.5. The van der Waals surface area contributed by atoms with Crippen LogP contribution in [0.15, 0.2) is 83.7 Å². The standard InChI is InChI=1S/C23H18N2O3/c1-28-18-13-11-16(12-14-18)21(27)15-25-19-9-5-6-10-20(26)22(19)24-23(25)17-7-3-2-4-8-17/h2-14H,15H2,1H3. The van der Waals surface area contributed by atoms with Gasteiger partial charge in [0.15, 0.2) is 5.78 Å². The quantitative estimate of drug-likeness (QED) is 0.499. The van der Waals surface area contributed by atoms with Gasteiger partial charge in [-0.1, -0.05) is 42.5 Å². The molecule has 0 saturated heterocycles. The van der Waals surface area contributed by atoms with Gasteiger partial charge in [0.05, 0.1) is 19.2 Å². The molecule has 0 aliphatic rings. The van der Waals surface area contributed by atoms with E-state index in [9.17, 15) is 9.59 Å². The number of carbonyl (C=O) groups excluding carboxylic acids is 1. The highest BCUT2D eigenvalue weighted by Crippen LogP contribution is 2.24. The van der Waals surface area contributed by atoms with Crippen LogP contribution in [0.3, 0.4) is 0 Å². The number of hydrogen-bond donors (Lipinski definition) is 0. The van der Waals surface area contributed by atoms with Crippen molar-refractivity contribution >= 4 is 16.8 Å². The van der Waals surface area contributed by atoms with Gasteiger partial charge in [0.1, 0.15) is 17.1 Å². The molecule has 1 aromatic heterocycles. The summed E-state index contributed by atoms with van der Waals surface area (Å²) in [5.74, 6) is 1.22. The van der Waals surface area contributed by atoms with Crippen molar-refractivity contribution < 1.29 is 9.53 Å². The van der Waals surface area contributed by atoms with Gasteiger partial charge in [-0.2, -0.15) is 0 Å². The van der Waals surface area contributed by atoms with E-state index in [2.05, 4.69) is 4.98 Å². The molecule has 0 N–H and O–H groups in total. The average molecular weight is 370 g/mol. The van der Waals surface area contributed by atoms with E-state index in [0.717, 1.165) is 5.56 Å². The first-order valence-electron chi connectivity index (χ1n) is 8.89. The molecular weight excluding hydrogens is 352 g/mol. The monoisotopic (exact) mass is 370 g/mol. The molecular formula is C23H18N2O3. The molecule has 5 heteroatoms. The van der Waals surface area contributed by atoms with Crippen molar-refractivity contribution in [1.82, 2.24) is 9.55 Å². The third-order valence-corrected chi connectivity index (χ3v) is 4.60. The molecule has 4 rings (SSSR count). The summed E-state index contributed by atoms with van der Waals surface area (Å²) >= 11 is 0. The van der Waals surface area contributed by atoms with Crippen molar-refractivity contribution in [3.63, 3.8) is 0 Å². The van der Waals surface area contributed by atoms with Crippen LogP contribution < -0.4 is 10.2 Å². The zero-order valence-corrected chi connectivity index (χ0v) is 15.3. The Hall–Kier alpha value is -3.73. The fraction of sp³-hybridized carbons (Fsp3) is 0.0870. The molecule has 1 heterocycles. The molecule has 3 aromatic carbocycles. The highest BCUT2D eigenvalue weighted by Gasteiger charge is 2.17. The largest absolute Gasteiger partial charge is 0.497 e. The maximum Gasteiger partial charge on any atom is 0.206 e. The first kappa shape index (κ1) is 17.7. The second kappa shape index (κ2) is 7.48. The molecule has 0 fully saturated rings. The molecule has 0 unspecified atom stereocenters. The van der Waals surface area contributed by atoms with E-state index in [1.165, 1.54) is 6.07 Å². The number of methoxy groups -OCH3 is 1.